The number of rotatable bonds is 7. The van der Waals surface area contributed by atoms with E-state index in [1.165, 1.54) is 0 Å². The van der Waals surface area contributed by atoms with Crippen molar-refractivity contribution in [1.82, 2.24) is 15.5 Å². The van der Waals surface area contributed by atoms with Crippen molar-refractivity contribution in [3.05, 3.63) is 48.6 Å². The number of carbonyl (C=O) groups is 1. The van der Waals surface area contributed by atoms with Gasteiger partial charge in [-0.25, -0.2) is 0 Å². The van der Waals surface area contributed by atoms with Crippen LogP contribution in [0.2, 0.25) is 0 Å². The summed E-state index contributed by atoms with van der Waals surface area (Å²) in [4.78, 5) is 13.7. The fourth-order valence-corrected chi connectivity index (χ4v) is 2.20. The fraction of sp³-hybridized carbons (Fsp3) is 0.471. The summed E-state index contributed by atoms with van der Waals surface area (Å²) in [6.45, 7) is 12.2. The Kier molecular flexibility index (Phi) is 8.40. The summed E-state index contributed by atoms with van der Waals surface area (Å²) in [5.74, 6) is 0.00738. The highest BCUT2D eigenvalue weighted by Gasteiger charge is 2.14. The maximum atomic E-state index is 11.3. The average Bonchev–Trinajstić information content (AvgIpc) is 2.45. The van der Waals surface area contributed by atoms with Crippen molar-refractivity contribution < 1.29 is 4.79 Å². The van der Waals surface area contributed by atoms with E-state index in [0.717, 1.165) is 38.3 Å². The van der Waals surface area contributed by atoms with Crippen LogP contribution >= 0.6 is 0 Å². The number of nitrogens with zero attached hydrogens (tertiary/aromatic N) is 1. The Morgan fingerprint density at radius 1 is 1.33 bits per heavy atom. The topological polar surface area (TPSA) is 44.4 Å². The Labute approximate surface area is 128 Å². The first-order valence-electron chi connectivity index (χ1n) is 7.46. The molecule has 1 aliphatic rings. The van der Waals surface area contributed by atoms with Crippen molar-refractivity contribution >= 4 is 5.91 Å². The molecule has 0 spiro atoms. The number of hydrogen-bond acceptors (Lipinski definition) is 3. The number of hydrogen-bond donors (Lipinski definition) is 2. The predicted octanol–water partition coefficient (Wildman–Crippen LogP) is 1.64. The maximum Gasteiger partial charge on any atom is 0.217 e. The van der Waals surface area contributed by atoms with Gasteiger partial charge < -0.3 is 10.6 Å². The lowest BCUT2D eigenvalue weighted by atomic mass is 10.1. The molecule has 0 saturated carbocycles. The van der Waals surface area contributed by atoms with Crippen LogP contribution in [0.4, 0.5) is 0 Å². The van der Waals surface area contributed by atoms with Crippen LogP contribution in [-0.2, 0) is 4.79 Å². The zero-order valence-corrected chi connectivity index (χ0v) is 13.1. The van der Waals surface area contributed by atoms with Crippen LogP contribution in [-0.4, -0.2) is 49.6 Å². The van der Waals surface area contributed by atoms with Crippen LogP contribution in [0, 0.1) is 0 Å². The lowest BCUT2D eigenvalue weighted by Gasteiger charge is -2.30. The lowest BCUT2D eigenvalue weighted by Crippen LogP contribution is -2.49. The maximum absolute atomic E-state index is 11.3. The molecule has 1 unspecified atom stereocenters. The molecule has 1 atom stereocenters. The second kappa shape index (κ2) is 10.1. The van der Waals surface area contributed by atoms with Crippen molar-refractivity contribution in [3.63, 3.8) is 0 Å². The SMILES string of the molecule is C=C\C=C/C=C(C)/C=C/C(CN1CCNCC1)NC(C)=O. The molecule has 0 aromatic carbocycles. The number of piperazine rings is 1. The van der Waals surface area contributed by atoms with Crippen molar-refractivity contribution in [3.8, 4) is 0 Å². The summed E-state index contributed by atoms with van der Waals surface area (Å²) >= 11 is 0. The molecule has 0 bridgehead atoms. The lowest BCUT2D eigenvalue weighted by molar-refractivity contribution is -0.119. The van der Waals surface area contributed by atoms with E-state index in [1.54, 1.807) is 13.0 Å². The third-order valence-electron chi connectivity index (χ3n) is 3.25. The number of carbonyl (C=O) groups excluding carboxylic acids is 1. The molecular weight excluding hydrogens is 262 g/mol. The minimum absolute atomic E-state index is 0.00738. The summed E-state index contributed by atoms with van der Waals surface area (Å²) in [6, 6.07) is 0.0485. The Hall–Kier alpha value is -1.65. The molecule has 1 fully saturated rings. The second-order valence-electron chi connectivity index (χ2n) is 5.25. The molecule has 116 valence electrons. The van der Waals surface area contributed by atoms with Gasteiger partial charge in [-0.1, -0.05) is 48.6 Å². The molecule has 1 rings (SSSR count). The molecule has 1 heterocycles. The Balaban J connectivity index is 2.59. The Morgan fingerprint density at radius 3 is 2.67 bits per heavy atom. The normalized spacial score (nSPS) is 19.0. The molecule has 1 aliphatic heterocycles. The third-order valence-corrected chi connectivity index (χ3v) is 3.25. The number of nitrogens with one attached hydrogen (secondary N) is 2. The summed E-state index contributed by atoms with van der Waals surface area (Å²) in [7, 11) is 0. The van der Waals surface area contributed by atoms with E-state index in [4.69, 9.17) is 0 Å². The molecule has 1 amide bonds. The molecule has 21 heavy (non-hydrogen) atoms. The standard InChI is InChI=1S/C17H27N3O/c1-4-5-6-7-15(2)8-9-17(19-16(3)21)14-20-12-10-18-11-13-20/h4-9,17-18H,1,10-14H2,2-3H3,(H,19,21)/b6-5-,9-8+,15-7+. The fourth-order valence-electron chi connectivity index (χ4n) is 2.20. The summed E-state index contributed by atoms with van der Waals surface area (Å²) in [6.07, 6.45) is 11.7. The van der Waals surface area contributed by atoms with Crippen LogP contribution in [0.1, 0.15) is 13.8 Å². The van der Waals surface area contributed by atoms with E-state index in [-0.39, 0.29) is 11.9 Å². The molecule has 0 radical (unpaired) electrons. The van der Waals surface area contributed by atoms with Gasteiger partial charge in [0.1, 0.15) is 0 Å². The van der Waals surface area contributed by atoms with E-state index in [1.807, 2.05) is 25.2 Å². The Morgan fingerprint density at radius 2 is 2.05 bits per heavy atom. The smallest absolute Gasteiger partial charge is 0.217 e. The molecule has 0 aromatic rings. The molecule has 4 heteroatoms. The van der Waals surface area contributed by atoms with Gasteiger partial charge in [0.15, 0.2) is 0 Å². The van der Waals surface area contributed by atoms with Gasteiger partial charge in [0.2, 0.25) is 5.91 Å². The zero-order valence-electron chi connectivity index (χ0n) is 13.1. The molecule has 0 aliphatic carbocycles. The summed E-state index contributed by atoms with van der Waals surface area (Å²) < 4.78 is 0. The largest absolute Gasteiger partial charge is 0.349 e. The molecule has 1 saturated heterocycles. The van der Waals surface area contributed by atoms with Crippen molar-refractivity contribution in [2.24, 2.45) is 0 Å². The van der Waals surface area contributed by atoms with Crippen molar-refractivity contribution in [2.75, 3.05) is 32.7 Å². The molecule has 2 N–H and O–H groups in total. The predicted molar refractivity (Wildman–Crippen MR) is 89.1 cm³/mol. The summed E-state index contributed by atoms with van der Waals surface area (Å²) in [5, 5.41) is 6.34. The van der Waals surface area contributed by atoms with Crippen LogP contribution in [0.25, 0.3) is 0 Å². The van der Waals surface area contributed by atoms with E-state index >= 15 is 0 Å². The van der Waals surface area contributed by atoms with Crippen LogP contribution in [0.15, 0.2) is 48.6 Å². The first kappa shape index (κ1) is 17.4. The van der Waals surface area contributed by atoms with Gasteiger partial charge in [-0.3, -0.25) is 9.69 Å². The van der Waals surface area contributed by atoms with E-state index in [0.29, 0.717) is 0 Å². The minimum atomic E-state index is 0.00738. The van der Waals surface area contributed by atoms with Crippen molar-refractivity contribution in [2.45, 2.75) is 19.9 Å². The van der Waals surface area contributed by atoms with Gasteiger partial charge in [0.05, 0.1) is 6.04 Å². The molecule has 4 nitrogen and oxygen atoms in total. The molecule has 0 aromatic heterocycles. The Bertz CT molecular complexity index is 418. The van der Waals surface area contributed by atoms with E-state index in [2.05, 4.69) is 34.3 Å². The summed E-state index contributed by atoms with van der Waals surface area (Å²) in [5.41, 5.74) is 1.14. The second-order valence-corrected chi connectivity index (χ2v) is 5.25. The van der Waals surface area contributed by atoms with Gasteiger partial charge in [0.25, 0.3) is 0 Å². The highest BCUT2D eigenvalue weighted by Crippen LogP contribution is 2.01. The van der Waals surface area contributed by atoms with Gasteiger partial charge in [-0.05, 0) is 6.92 Å². The average molecular weight is 289 g/mol. The van der Waals surface area contributed by atoms with Gasteiger partial charge in [-0.15, -0.1) is 0 Å². The molecular formula is C17H27N3O. The van der Waals surface area contributed by atoms with Gasteiger partial charge >= 0.3 is 0 Å². The van der Waals surface area contributed by atoms with Crippen molar-refractivity contribution in [1.29, 1.82) is 0 Å². The highest BCUT2D eigenvalue weighted by molar-refractivity contribution is 5.73. The quantitative estimate of drug-likeness (QED) is 0.700. The van der Waals surface area contributed by atoms with Crippen LogP contribution < -0.4 is 10.6 Å². The zero-order chi connectivity index (χ0) is 15.5. The van der Waals surface area contributed by atoms with Gasteiger partial charge in [0, 0.05) is 39.6 Å². The number of allylic oxidation sites excluding steroid dienone is 6. The van der Waals surface area contributed by atoms with E-state index in [9.17, 15) is 4.79 Å². The van der Waals surface area contributed by atoms with E-state index < -0.39 is 0 Å². The highest BCUT2D eigenvalue weighted by atomic mass is 16.1. The first-order valence-corrected chi connectivity index (χ1v) is 7.46. The van der Waals surface area contributed by atoms with Crippen LogP contribution in [0.5, 0.6) is 0 Å². The first-order chi connectivity index (χ1) is 10.1. The number of amides is 1. The minimum Gasteiger partial charge on any atom is -0.349 e. The van der Waals surface area contributed by atoms with Crippen LogP contribution in [0.3, 0.4) is 0 Å². The monoisotopic (exact) mass is 289 g/mol. The van der Waals surface area contributed by atoms with Gasteiger partial charge in [-0.2, -0.15) is 0 Å². The third kappa shape index (κ3) is 8.27.